The summed E-state index contributed by atoms with van der Waals surface area (Å²) in [6, 6.07) is 5.43. The Bertz CT molecular complexity index is 737. The fraction of sp³-hybridized carbons (Fsp3) is 0.609. The Hall–Kier alpha value is -2.21. The molecule has 0 bridgehead atoms. The predicted octanol–water partition coefficient (Wildman–Crippen LogP) is 3.55. The number of pyridine rings is 1. The quantitative estimate of drug-likeness (QED) is 0.521. The highest BCUT2D eigenvalue weighted by molar-refractivity contribution is 6.07. The number of carbonyl (C=O) groups excluding carboxylic acids is 2. The van der Waals surface area contributed by atoms with Crippen molar-refractivity contribution in [1.29, 1.82) is 0 Å². The van der Waals surface area contributed by atoms with E-state index in [1.54, 1.807) is 6.20 Å². The van der Waals surface area contributed by atoms with Gasteiger partial charge in [0, 0.05) is 32.4 Å². The molecule has 0 aliphatic carbocycles. The minimum Gasteiger partial charge on any atom is -0.309 e. The summed E-state index contributed by atoms with van der Waals surface area (Å²) < 4.78 is 0. The third kappa shape index (κ3) is 4.69. The predicted molar refractivity (Wildman–Crippen MR) is 114 cm³/mol. The number of nitrogens with zero attached hydrogens (tertiary/aromatic N) is 4. The normalized spacial score (nSPS) is 20.2. The molecular formula is C23H34N4O2. The molecule has 2 saturated heterocycles. The molecule has 0 N–H and O–H groups in total. The fourth-order valence-corrected chi connectivity index (χ4v) is 4.26. The third-order valence-electron chi connectivity index (χ3n) is 5.78. The first-order valence-corrected chi connectivity index (χ1v) is 10.8. The van der Waals surface area contributed by atoms with Crippen molar-refractivity contribution in [3.63, 3.8) is 0 Å². The Kier molecular flexibility index (Phi) is 6.73. The first kappa shape index (κ1) is 21.5. The molecule has 158 valence electrons. The van der Waals surface area contributed by atoms with E-state index in [9.17, 15) is 9.59 Å². The van der Waals surface area contributed by atoms with Gasteiger partial charge in [-0.25, -0.2) is 4.79 Å². The van der Waals surface area contributed by atoms with Crippen molar-refractivity contribution in [3.8, 4) is 0 Å². The first-order valence-electron chi connectivity index (χ1n) is 10.8. The highest BCUT2D eigenvalue weighted by Gasteiger charge is 2.57. The van der Waals surface area contributed by atoms with Gasteiger partial charge in [-0.2, -0.15) is 0 Å². The molecular weight excluding hydrogens is 364 g/mol. The van der Waals surface area contributed by atoms with Crippen molar-refractivity contribution in [1.82, 2.24) is 19.7 Å². The number of urea groups is 1. The second-order valence-corrected chi connectivity index (χ2v) is 9.00. The average molecular weight is 399 g/mol. The van der Waals surface area contributed by atoms with Gasteiger partial charge in [0.05, 0.1) is 12.2 Å². The lowest BCUT2D eigenvalue weighted by Crippen LogP contribution is -2.57. The first-order chi connectivity index (χ1) is 13.8. The van der Waals surface area contributed by atoms with Crippen LogP contribution in [0.2, 0.25) is 0 Å². The highest BCUT2D eigenvalue weighted by atomic mass is 16.2. The lowest BCUT2D eigenvalue weighted by molar-refractivity contribution is -0.136. The van der Waals surface area contributed by atoms with Crippen molar-refractivity contribution < 1.29 is 9.59 Å². The maximum Gasteiger partial charge on any atom is 0.328 e. The van der Waals surface area contributed by atoms with E-state index in [0.29, 0.717) is 31.2 Å². The van der Waals surface area contributed by atoms with Crippen LogP contribution in [0.15, 0.2) is 36.5 Å². The van der Waals surface area contributed by atoms with Gasteiger partial charge in [0.2, 0.25) is 0 Å². The molecule has 0 unspecified atom stereocenters. The molecule has 0 radical (unpaired) electrons. The van der Waals surface area contributed by atoms with Crippen LogP contribution < -0.4 is 0 Å². The molecule has 1 aromatic heterocycles. The van der Waals surface area contributed by atoms with E-state index < -0.39 is 5.54 Å². The number of rotatable bonds is 7. The van der Waals surface area contributed by atoms with Crippen LogP contribution in [0.1, 0.15) is 46.2 Å². The Morgan fingerprint density at radius 2 is 1.86 bits per heavy atom. The number of carbonyl (C=O) groups is 2. The smallest absolute Gasteiger partial charge is 0.309 e. The van der Waals surface area contributed by atoms with E-state index in [-0.39, 0.29) is 18.5 Å². The summed E-state index contributed by atoms with van der Waals surface area (Å²) in [5.74, 6) is 0.804. The Labute approximate surface area is 174 Å². The molecule has 6 nitrogen and oxygen atoms in total. The Morgan fingerprint density at radius 3 is 2.45 bits per heavy atom. The third-order valence-corrected chi connectivity index (χ3v) is 5.78. The number of hydrogen-bond donors (Lipinski definition) is 0. The number of amides is 3. The molecule has 6 heteroatoms. The lowest BCUT2D eigenvalue weighted by atomic mass is 9.85. The number of imide groups is 1. The average Bonchev–Trinajstić information content (AvgIpc) is 2.86. The van der Waals surface area contributed by atoms with Gasteiger partial charge < -0.3 is 4.90 Å². The molecule has 3 rings (SSSR count). The molecule has 0 atom stereocenters. The lowest BCUT2D eigenvalue weighted by Gasteiger charge is -2.42. The summed E-state index contributed by atoms with van der Waals surface area (Å²) in [7, 11) is 0. The zero-order chi connectivity index (χ0) is 21.0. The summed E-state index contributed by atoms with van der Waals surface area (Å²) in [4.78, 5) is 36.7. The van der Waals surface area contributed by atoms with E-state index in [1.165, 1.54) is 4.90 Å². The number of piperidine rings is 1. The Balaban J connectivity index is 1.76. The summed E-state index contributed by atoms with van der Waals surface area (Å²) in [5.41, 5.74) is 0.0426. The van der Waals surface area contributed by atoms with Crippen molar-refractivity contribution >= 4 is 11.9 Å². The highest BCUT2D eigenvalue weighted by Crippen LogP contribution is 2.38. The summed E-state index contributed by atoms with van der Waals surface area (Å²) in [6.45, 7) is 11.9. The van der Waals surface area contributed by atoms with Crippen molar-refractivity contribution in [2.24, 2.45) is 11.8 Å². The zero-order valence-corrected chi connectivity index (χ0v) is 18.2. The van der Waals surface area contributed by atoms with Gasteiger partial charge in [0.1, 0.15) is 5.54 Å². The topological polar surface area (TPSA) is 56.8 Å². The molecule has 2 aliphatic rings. The minimum atomic E-state index is -0.700. The van der Waals surface area contributed by atoms with E-state index in [1.807, 2.05) is 23.1 Å². The largest absolute Gasteiger partial charge is 0.328 e. The molecule has 2 aliphatic heterocycles. The van der Waals surface area contributed by atoms with Gasteiger partial charge in [-0.15, -0.1) is 0 Å². The van der Waals surface area contributed by atoms with Gasteiger partial charge in [-0.3, -0.25) is 19.6 Å². The molecule has 3 amide bonds. The van der Waals surface area contributed by atoms with Gasteiger partial charge >= 0.3 is 6.03 Å². The van der Waals surface area contributed by atoms with Crippen LogP contribution in [-0.4, -0.2) is 63.3 Å². The van der Waals surface area contributed by atoms with Crippen molar-refractivity contribution in [2.75, 3.05) is 26.2 Å². The molecule has 0 aromatic carbocycles. The van der Waals surface area contributed by atoms with Crippen LogP contribution >= 0.6 is 0 Å². The van der Waals surface area contributed by atoms with Gasteiger partial charge in [0.25, 0.3) is 5.91 Å². The van der Waals surface area contributed by atoms with Crippen LogP contribution in [0, 0.1) is 11.8 Å². The van der Waals surface area contributed by atoms with Crippen LogP contribution in [0.5, 0.6) is 0 Å². The maximum absolute atomic E-state index is 13.5. The number of aromatic nitrogens is 1. The van der Waals surface area contributed by atoms with Crippen molar-refractivity contribution in [3.05, 3.63) is 42.2 Å². The summed E-state index contributed by atoms with van der Waals surface area (Å²) in [6.07, 6.45) is 7.51. The van der Waals surface area contributed by atoms with Crippen LogP contribution in [0.25, 0.3) is 0 Å². The van der Waals surface area contributed by atoms with Crippen LogP contribution in [0.4, 0.5) is 4.79 Å². The molecule has 1 aromatic rings. The second kappa shape index (κ2) is 9.08. The zero-order valence-electron chi connectivity index (χ0n) is 18.2. The standard InChI is InChI=1S/C23H34N4O2/c1-18(2)8-7-13-25-14-10-23(11-15-25)21(28)26(17-20-9-5-6-12-24-20)22(29)27(23)16-19(3)4/h5-9,12,18-19H,10-11,13-17H2,1-4H3. The maximum atomic E-state index is 13.5. The molecule has 0 saturated carbocycles. The minimum absolute atomic E-state index is 0.0498. The SMILES string of the molecule is CC(C)C=CCN1CCC2(CC1)C(=O)N(Cc1ccccn1)C(=O)N2CC(C)C. The monoisotopic (exact) mass is 398 g/mol. The van der Waals surface area contributed by atoms with Gasteiger partial charge in [0.15, 0.2) is 0 Å². The summed E-state index contributed by atoms with van der Waals surface area (Å²) in [5, 5.41) is 0. The van der Waals surface area contributed by atoms with E-state index >= 15 is 0 Å². The number of hydrogen-bond acceptors (Lipinski definition) is 4. The molecule has 2 fully saturated rings. The fourth-order valence-electron chi connectivity index (χ4n) is 4.26. The summed E-state index contributed by atoms with van der Waals surface area (Å²) >= 11 is 0. The number of likely N-dealkylation sites (tertiary alicyclic amines) is 1. The van der Waals surface area contributed by atoms with Crippen LogP contribution in [0.3, 0.4) is 0 Å². The van der Waals surface area contributed by atoms with E-state index in [2.05, 4.69) is 49.7 Å². The second-order valence-electron chi connectivity index (χ2n) is 9.00. The number of allylic oxidation sites excluding steroid dienone is 1. The van der Waals surface area contributed by atoms with Gasteiger partial charge in [-0.05, 0) is 36.8 Å². The Morgan fingerprint density at radius 1 is 1.14 bits per heavy atom. The van der Waals surface area contributed by atoms with Crippen molar-refractivity contribution in [2.45, 2.75) is 52.6 Å². The molecule has 29 heavy (non-hydrogen) atoms. The molecule has 3 heterocycles. The van der Waals surface area contributed by atoms with E-state index in [0.717, 1.165) is 25.3 Å². The van der Waals surface area contributed by atoms with Gasteiger partial charge in [-0.1, -0.05) is 45.9 Å². The van der Waals surface area contributed by atoms with Crippen LogP contribution in [-0.2, 0) is 11.3 Å². The van der Waals surface area contributed by atoms with E-state index in [4.69, 9.17) is 0 Å². The molecule has 1 spiro atoms.